The molecule has 0 amide bonds. The largest absolute Gasteiger partial charge is 0.486 e. The molecule has 0 aliphatic heterocycles. The van der Waals surface area contributed by atoms with Crippen LogP contribution >= 0.6 is 11.5 Å². The van der Waals surface area contributed by atoms with E-state index in [4.69, 9.17) is 9.47 Å². The molecule has 1 unspecified atom stereocenters. The molecule has 4 aromatic rings. The zero-order valence-corrected chi connectivity index (χ0v) is 17.4. The van der Waals surface area contributed by atoms with Crippen LogP contribution in [0.15, 0.2) is 77.6 Å². The van der Waals surface area contributed by atoms with Crippen LogP contribution in [-0.2, 0) is 6.42 Å². The number of aromatic amines is 1. The Kier molecular flexibility index (Phi) is 4.89. The average Bonchev–Trinajstić information content (AvgIpc) is 3.36. The SMILES string of the molecule is Cc1cccc(Oc2cccc3c2CCC3Oc2ccc(-c3cc(=O)[nH]s3)cc2)c1. The van der Waals surface area contributed by atoms with E-state index in [-0.39, 0.29) is 11.7 Å². The summed E-state index contributed by atoms with van der Waals surface area (Å²) < 4.78 is 15.2. The second kappa shape index (κ2) is 7.84. The number of hydrogen-bond donors (Lipinski definition) is 1. The van der Waals surface area contributed by atoms with Gasteiger partial charge in [-0.2, -0.15) is 0 Å². The van der Waals surface area contributed by atoms with Gasteiger partial charge in [-0.15, -0.1) is 0 Å². The molecule has 4 nitrogen and oxygen atoms in total. The van der Waals surface area contributed by atoms with Gasteiger partial charge in [-0.05, 0) is 78.9 Å². The standard InChI is InChI=1S/C25H21NO3S/c1-16-4-2-5-19(14-16)29-22-7-3-6-20-21(22)12-13-23(20)28-18-10-8-17(9-11-18)24-15-25(27)26-30-24/h2-11,14-15,23H,12-13H2,1H3,(H,26,27). The molecule has 150 valence electrons. The lowest BCUT2D eigenvalue weighted by Crippen LogP contribution is -2.03. The molecule has 0 saturated carbocycles. The number of aryl methyl sites for hydroxylation is 1. The van der Waals surface area contributed by atoms with Crippen molar-refractivity contribution in [2.24, 2.45) is 0 Å². The number of ether oxygens (including phenoxy) is 2. The summed E-state index contributed by atoms with van der Waals surface area (Å²) in [7, 11) is 0. The molecule has 0 fully saturated rings. The summed E-state index contributed by atoms with van der Waals surface area (Å²) in [4.78, 5) is 12.3. The van der Waals surface area contributed by atoms with Crippen molar-refractivity contribution in [1.82, 2.24) is 4.37 Å². The molecule has 0 radical (unpaired) electrons. The Morgan fingerprint density at radius 1 is 0.967 bits per heavy atom. The summed E-state index contributed by atoms with van der Waals surface area (Å²) >= 11 is 1.34. The first-order chi connectivity index (χ1) is 14.7. The van der Waals surface area contributed by atoms with Crippen LogP contribution < -0.4 is 15.0 Å². The maximum atomic E-state index is 11.4. The average molecular weight is 416 g/mol. The Balaban J connectivity index is 1.34. The summed E-state index contributed by atoms with van der Waals surface area (Å²) in [6, 6.07) is 23.8. The van der Waals surface area contributed by atoms with Crippen LogP contribution in [0.25, 0.3) is 10.4 Å². The first-order valence-corrected chi connectivity index (χ1v) is 10.8. The molecular weight excluding hydrogens is 394 g/mol. The monoisotopic (exact) mass is 415 g/mol. The number of nitrogens with one attached hydrogen (secondary N) is 1. The molecule has 1 aromatic heterocycles. The Morgan fingerprint density at radius 3 is 2.57 bits per heavy atom. The van der Waals surface area contributed by atoms with E-state index in [1.807, 2.05) is 54.6 Å². The third kappa shape index (κ3) is 3.76. The van der Waals surface area contributed by atoms with Gasteiger partial charge in [-0.1, -0.05) is 35.8 Å². The predicted octanol–water partition coefficient (Wildman–Crippen LogP) is 6.27. The molecule has 1 aliphatic carbocycles. The summed E-state index contributed by atoms with van der Waals surface area (Å²) in [6.07, 6.45) is 1.86. The summed E-state index contributed by atoms with van der Waals surface area (Å²) in [6.45, 7) is 2.06. The minimum atomic E-state index is -0.0680. The van der Waals surface area contributed by atoms with Gasteiger partial charge in [0.2, 0.25) is 0 Å². The topological polar surface area (TPSA) is 51.3 Å². The number of rotatable bonds is 5. The Labute approximate surface area is 178 Å². The van der Waals surface area contributed by atoms with Crippen LogP contribution in [-0.4, -0.2) is 4.37 Å². The van der Waals surface area contributed by atoms with Gasteiger partial charge in [0.1, 0.15) is 23.4 Å². The lowest BCUT2D eigenvalue weighted by molar-refractivity contribution is 0.207. The molecule has 1 aliphatic rings. The fraction of sp³-hybridized carbons (Fsp3) is 0.160. The number of hydrogen-bond acceptors (Lipinski definition) is 4. The third-order valence-corrected chi connectivity index (χ3v) is 6.21. The zero-order chi connectivity index (χ0) is 20.5. The van der Waals surface area contributed by atoms with Crippen molar-refractivity contribution in [1.29, 1.82) is 0 Å². The van der Waals surface area contributed by atoms with Crippen LogP contribution in [0, 0.1) is 6.92 Å². The second-order valence-corrected chi connectivity index (χ2v) is 8.34. The lowest BCUT2D eigenvalue weighted by atomic mass is 10.1. The van der Waals surface area contributed by atoms with Crippen molar-refractivity contribution in [2.75, 3.05) is 0 Å². The van der Waals surface area contributed by atoms with Crippen LogP contribution in [0.5, 0.6) is 17.2 Å². The van der Waals surface area contributed by atoms with Gasteiger partial charge in [-0.25, -0.2) is 0 Å². The molecule has 3 aromatic carbocycles. The lowest BCUT2D eigenvalue weighted by Gasteiger charge is -2.16. The van der Waals surface area contributed by atoms with Gasteiger partial charge in [0.25, 0.3) is 5.56 Å². The van der Waals surface area contributed by atoms with Crippen molar-refractivity contribution in [2.45, 2.75) is 25.9 Å². The smallest absolute Gasteiger partial charge is 0.258 e. The molecule has 0 bridgehead atoms. The van der Waals surface area contributed by atoms with E-state index in [9.17, 15) is 4.79 Å². The van der Waals surface area contributed by atoms with E-state index < -0.39 is 0 Å². The number of aromatic nitrogens is 1. The fourth-order valence-electron chi connectivity index (χ4n) is 3.89. The van der Waals surface area contributed by atoms with E-state index in [1.165, 1.54) is 28.2 Å². The highest BCUT2D eigenvalue weighted by atomic mass is 32.1. The molecular formula is C25H21NO3S. The second-order valence-electron chi connectivity index (χ2n) is 7.49. The zero-order valence-electron chi connectivity index (χ0n) is 16.6. The van der Waals surface area contributed by atoms with Crippen LogP contribution in [0.1, 0.15) is 29.2 Å². The van der Waals surface area contributed by atoms with Gasteiger partial charge in [0.05, 0.1) is 4.88 Å². The van der Waals surface area contributed by atoms with Crippen molar-refractivity contribution in [3.05, 3.63) is 99.8 Å². The summed E-state index contributed by atoms with van der Waals surface area (Å²) in [5, 5.41) is 0. The maximum Gasteiger partial charge on any atom is 0.258 e. The number of benzene rings is 3. The van der Waals surface area contributed by atoms with Crippen LogP contribution in [0.4, 0.5) is 0 Å². The van der Waals surface area contributed by atoms with Gasteiger partial charge in [-0.3, -0.25) is 9.17 Å². The van der Waals surface area contributed by atoms with Crippen molar-refractivity contribution in [3.63, 3.8) is 0 Å². The predicted molar refractivity (Wildman–Crippen MR) is 120 cm³/mol. The quantitative estimate of drug-likeness (QED) is 0.418. The van der Waals surface area contributed by atoms with Crippen molar-refractivity contribution in [3.8, 4) is 27.7 Å². The third-order valence-electron chi connectivity index (χ3n) is 5.33. The van der Waals surface area contributed by atoms with E-state index in [2.05, 4.69) is 23.4 Å². The van der Waals surface area contributed by atoms with E-state index in [0.717, 1.165) is 40.5 Å². The maximum absolute atomic E-state index is 11.4. The molecule has 30 heavy (non-hydrogen) atoms. The normalized spacial score (nSPS) is 15.0. The molecule has 5 rings (SSSR count). The molecule has 5 heteroatoms. The van der Waals surface area contributed by atoms with Crippen molar-refractivity contribution < 1.29 is 9.47 Å². The van der Waals surface area contributed by atoms with E-state index >= 15 is 0 Å². The molecule has 0 saturated heterocycles. The van der Waals surface area contributed by atoms with Gasteiger partial charge in [0, 0.05) is 11.6 Å². The number of H-pyrrole nitrogens is 1. The highest BCUT2D eigenvalue weighted by Crippen LogP contribution is 2.41. The Bertz CT molecular complexity index is 1240. The number of fused-ring (bicyclic) bond motifs is 1. The Hall–Kier alpha value is -3.31. The highest BCUT2D eigenvalue weighted by molar-refractivity contribution is 7.09. The molecule has 0 spiro atoms. The van der Waals surface area contributed by atoms with Gasteiger partial charge >= 0.3 is 0 Å². The molecule has 1 atom stereocenters. The van der Waals surface area contributed by atoms with E-state index in [0.29, 0.717) is 0 Å². The van der Waals surface area contributed by atoms with Crippen LogP contribution in [0.2, 0.25) is 0 Å². The van der Waals surface area contributed by atoms with Crippen molar-refractivity contribution >= 4 is 11.5 Å². The first kappa shape index (κ1) is 18.7. The fourth-order valence-corrected chi connectivity index (χ4v) is 4.58. The van der Waals surface area contributed by atoms with E-state index in [1.54, 1.807) is 6.07 Å². The molecule has 1 heterocycles. The summed E-state index contributed by atoms with van der Waals surface area (Å²) in [5.41, 5.74) is 4.52. The minimum absolute atomic E-state index is 0.00947. The minimum Gasteiger partial charge on any atom is -0.486 e. The first-order valence-electron chi connectivity index (χ1n) is 9.98. The van der Waals surface area contributed by atoms with Crippen LogP contribution in [0.3, 0.4) is 0 Å². The highest BCUT2D eigenvalue weighted by Gasteiger charge is 2.27. The summed E-state index contributed by atoms with van der Waals surface area (Å²) in [5.74, 6) is 2.59. The molecule has 1 N–H and O–H groups in total. The van der Waals surface area contributed by atoms with Gasteiger partial charge < -0.3 is 9.47 Å². The van der Waals surface area contributed by atoms with Gasteiger partial charge in [0.15, 0.2) is 0 Å². The Morgan fingerprint density at radius 2 is 1.80 bits per heavy atom.